The van der Waals surface area contributed by atoms with Crippen LogP contribution in [0.25, 0.3) is 0 Å². The van der Waals surface area contributed by atoms with E-state index < -0.39 is 17.8 Å². The van der Waals surface area contributed by atoms with Gasteiger partial charge in [0.15, 0.2) is 11.6 Å². The number of carbonyl (C=O) groups excluding carboxylic acids is 1. The maximum absolute atomic E-state index is 14.7. The van der Waals surface area contributed by atoms with Crippen LogP contribution >= 0.6 is 0 Å². The number of carboxylic acid groups (broad SMARTS) is 1. The maximum Gasteiger partial charge on any atom is 0.404 e. The molecule has 166 valence electrons. The number of rotatable bonds is 7. The lowest BCUT2D eigenvalue weighted by atomic mass is 9.90. The van der Waals surface area contributed by atoms with Crippen molar-refractivity contribution in [3.63, 3.8) is 0 Å². The Morgan fingerprint density at radius 2 is 1.77 bits per heavy atom. The van der Waals surface area contributed by atoms with Gasteiger partial charge in [0, 0.05) is 11.7 Å². The number of aromatic nitrogens is 1. The fourth-order valence-corrected chi connectivity index (χ4v) is 3.77. The van der Waals surface area contributed by atoms with E-state index in [-0.39, 0.29) is 29.3 Å². The van der Waals surface area contributed by atoms with Gasteiger partial charge in [-0.05, 0) is 42.5 Å². The van der Waals surface area contributed by atoms with Gasteiger partial charge in [-0.1, -0.05) is 38.8 Å². The lowest BCUT2D eigenvalue weighted by Crippen LogP contribution is -2.48. The number of nitrogens with zero attached hydrogens (tertiary/aromatic N) is 1. The van der Waals surface area contributed by atoms with E-state index in [4.69, 9.17) is 10.8 Å². The largest absolute Gasteiger partial charge is 0.465 e. The number of hydrogen-bond donors (Lipinski definition) is 5. The van der Waals surface area contributed by atoms with E-state index in [1.54, 1.807) is 0 Å². The fraction of sp³-hybridized carbons (Fsp3) is 0.409. The monoisotopic (exact) mass is 429 g/mol. The average molecular weight is 429 g/mol. The Bertz CT molecular complexity index is 949. The number of halogens is 1. The van der Waals surface area contributed by atoms with Crippen molar-refractivity contribution in [2.75, 3.05) is 10.6 Å². The topological polar surface area (TPSA) is 129 Å². The standard InChI is InChI=1S/C22H28FN5O3/c1-12(2)13-7-9-14(10-8-13)25-20-15(19(24)29)11-16(23)21(28-20)26-17-5-3-4-6-18(17)27-22(30)31/h7-12,17-18,27H,3-6H2,1-2H3,(H2,24,29)(H,30,31)(H2,25,26,28)/t17-,18+/m1/s1. The Labute approximate surface area is 180 Å². The Morgan fingerprint density at radius 3 is 2.35 bits per heavy atom. The summed E-state index contributed by atoms with van der Waals surface area (Å²) in [5, 5.41) is 17.6. The summed E-state index contributed by atoms with van der Waals surface area (Å²) in [5.41, 5.74) is 7.20. The van der Waals surface area contributed by atoms with Crippen LogP contribution in [0, 0.1) is 5.82 Å². The van der Waals surface area contributed by atoms with Gasteiger partial charge in [-0.25, -0.2) is 14.2 Å². The van der Waals surface area contributed by atoms with Gasteiger partial charge in [0.05, 0.1) is 11.6 Å². The number of primary amides is 1. The molecular weight excluding hydrogens is 401 g/mol. The van der Waals surface area contributed by atoms with Gasteiger partial charge in [0.2, 0.25) is 0 Å². The molecule has 0 saturated heterocycles. The molecule has 1 heterocycles. The van der Waals surface area contributed by atoms with Crippen LogP contribution in [-0.2, 0) is 0 Å². The van der Waals surface area contributed by atoms with E-state index in [1.807, 2.05) is 24.3 Å². The van der Waals surface area contributed by atoms with Crippen molar-refractivity contribution in [1.82, 2.24) is 10.3 Å². The molecule has 0 bridgehead atoms. The van der Waals surface area contributed by atoms with E-state index in [0.29, 0.717) is 24.4 Å². The Kier molecular flexibility index (Phi) is 6.94. The third kappa shape index (κ3) is 5.62. The number of benzene rings is 1. The summed E-state index contributed by atoms with van der Waals surface area (Å²) in [5.74, 6) is -1.09. The van der Waals surface area contributed by atoms with Crippen LogP contribution in [0.4, 0.5) is 26.5 Å². The highest BCUT2D eigenvalue weighted by atomic mass is 19.1. The number of carbonyl (C=O) groups is 2. The first-order valence-electron chi connectivity index (χ1n) is 10.4. The van der Waals surface area contributed by atoms with Gasteiger partial charge in [0.25, 0.3) is 5.91 Å². The molecule has 2 atom stereocenters. The molecule has 0 radical (unpaired) electrons. The zero-order valence-electron chi connectivity index (χ0n) is 17.6. The highest BCUT2D eigenvalue weighted by molar-refractivity contribution is 5.98. The molecule has 0 unspecified atom stereocenters. The fourth-order valence-electron chi connectivity index (χ4n) is 3.77. The minimum absolute atomic E-state index is 0.0598. The summed E-state index contributed by atoms with van der Waals surface area (Å²) >= 11 is 0. The molecule has 3 rings (SSSR count). The van der Waals surface area contributed by atoms with Gasteiger partial charge in [-0.3, -0.25) is 4.79 Å². The molecule has 8 nitrogen and oxygen atoms in total. The van der Waals surface area contributed by atoms with Crippen LogP contribution in [0.15, 0.2) is 30.3 Å². The third-order valence-corrected chi connectivity index (χ3v) is 5.48. The van der Waals surface area contributed by atoms with Crippen molar-refractivity contribution in [3.05, 3.63) is 47.3 Å². The number of anilines is 3. The summed E-state index contributed by atoms with van der Waals surface area (Å²) in [6.07, 6.45) is 1.98. The zero-order chi connectivity index (χ0) is 22.5. The molecule has 1 aromatic carbocycles. The van der Waals surface area contributed by atoms with Crippen LogP contribution in [0.1, 0.15) is 61.4 Å². The predicted octanol–water partition coefficient (Wildman–Crippen LogP) is 4.18. The molecule has 0 aliphatic heterocycles. The summed E-state index contributed by atoms with van der Waals surface area (Å²) in [6.45, 7) is 4.18. The van der Waals surface area contributed by atoms with Crippen molar-refractivity contribution in [2.45, 2.75) is 57.5 Å². The van der Waals surface area contributed by atoms with Crippen LogP contribution in [-0.4, -0.2) is 34.2 Å². The molecule has 2 amide bonds. The van der Waals surface area contributed by atoms with E-state index in [0.717, 1.165) is 24.5 Å². The lowest BCUT2D eigenvalue weighted by molar-refractivity contribution is 0.100. The first kappa shape index (κ1) is 22.3. The predicted molar refractivity (Wildman–Crippen MR) is 117 cm³/mol. The smallest absolute Gasteiger partial charge is 0.404 e. The van der Waals surface area contributed by atoms with Crippen molar-refractivity contribution in [1.29, 1.82) is 0 Å². The molecule has 1 aromatic heterocycles. The first-order valence-corrected chi connectivity index (χ1v) is 10.4. The van der Waals surface area contributed by atoms with Crippen molar-refractivity contribution >= 4 is 29.3 Å². The normalized spacial score (nSPS) is 18.5. The Balaban J connectivity index is 1.87. The molecule has 1 fully saturated rings. The van der Waals surface area contributed by atoms with E-state index >= 15 is 0 Å². The van der Waals surface area contributed by atoms with Gasteiger partial charge in [0.1, 0.15) is 5.82 Å². The van der Waals surface area contributed by atoms with Gasteiger partial charge < -0.3 is 26.8 Å². The molecule has 0 spiro atoms. The summed E-state index contributed by atoms with van der Waals surface area (Å²) in [6, 6.07) is 8.00. The molecule has 9 heteroatoms. The van der Waals surface area contributed by atoms with Gasteiger partial charge in [-0.2, -0.15) is 0 Å². The minimum atomic E-state index is -1.12. The van der Waals surface area contributed by atoms with E-state index in [2.05, 4.69) is 34.8 Å². The Morgan fingerprint density at radius 1 is 1.13 bits per heavy atom. The Hall–Kier alpha value is -3.36. The second-order valence-electron chi connectivity index (χ2n) is 8.07. The van der Waals surface area contributed by atoms with E-state index in [9.17, 15) is 14.0 Å². The molecular formula is C22H28FN5O3. The molecule has 1 aliphatic rings. The third-order valence-electron chi connectivity index (χ3n) is 5.48. The molecule has 1 aliphatic carbocycles. The minimum Gasteiger partial charge on any atom is -0.465 e. The number of amides is 2. The summed E-state index contributed by atoms with van der Waals surface area (Å²) in [4.78, 5) is 27.2. The van der Waals surface area contributed by atoms with Gasteiger partial charge in [-0.15, -0.1) is 0 Å². The van der Waals surface area contributed by atoms with Crippen LogP contribution in [0.5, 0.6) is 0 Å². The quantitative estimate of drug-likeness (QED) is 0.449. The second-order valence-corrected chi connectivity index (χ2v) is 8.07. The van der Waals surface area contributed by atoms with Crippen LogP contribution < -0.4 is 21.7 Å². The molecule has 31 heavy (non-hydrogen) atoms. The number of pyridine rings is 1. The van der Waals surface area contributed by atoms with Crippen LogP contribution in [0.2, 0.25) is 0 Å². The first-order chi connectivity index (χ1) is 14.7. The van der Waals surface area contributed by atoms with Crippen molar-refractivity contribution < 1.29 is 19.1 Å². The average Bonchev–Trinajstić information content (AvgIpc) is 2.71. The highest BCUT2D eigenvalue weighted by Crippen LogP contribution is 2.28. The zero-order valence-corrected chi connectivity index (χ0v) is 17.6. The lowest BCUT2D eigenvalue weighted by Gasteiger charge is -2.32. The van der Waals surface area contributed by atoms with Crippen molar-refractivity contribution in [2.24, 2.45) is 5.73 Å². The number of nitrogens with two attached hydrogens (primary N) is 1. The number of nitrogens with one attached hydrogen (secondary N) is 3. The summed E-state index contributed by atoms with van der Waals surface area (Å²) < 4.78 is 14.7. The van der Waals surface area contributed by atoms with Crippen molar-refractivity contribution in [3.8, 4) is 0 Å². The SMILES string of the molecule is CC(C)c1ccc(Nc2nc(N[C@@H]3CCCC[C@@H]3NC(=O)O)c(F)cc2C(N)=O)cc1. The van der Waals surface area contributed by atoms with Crippen LogP contribution in [0.3, 0.4) is 0 Å². The van der Waals surface area contributed by atoms with Gasteiger partial charge >= 0.3 is 6.09 Å². The molecule has 1 saturated carbocycles. The highest BCUT2D eigenvalue weighted by Gasteiger charge is 2.28. The summed E-state index contributed by atoms with van der Waals surface area (Å²) in [7, 11) is 0. The number of hydrogen-bond acceptors (Lipinski definition) is 5. The second kappa shape index (κ2) is 9.63. The molecule has 2 aromatic rings. The molecule has 6 N–H and O–H groups in total. The maximum atomic E-state index is 14.7. The van der Waals surface area contributed by atoms with E-state index in [1.165, 1.54) is 0 Å².